The van der Waals surface area contributed by atoms with Crippen molar-refractivity contribution in [2.45, 2.75) is 106 Å². The first-order valence-electron chi connectivity index (χ1n) is 10.8. The fraction of sp³-hybridized carbons (Fsp3) is 1.00. The van der Waals surface area contributed by atoms with Gasteiger partial charge in [-0.15, -0.1) is 0 Å². The van der Waals surface area contributed by atoms with E-state index >= 15 is 0 Å². The van der Waals surface area contributed by atoms with Gasteiger partial charge in [0.2, 0.25) is 0 Å². The standard InChI is InChI=1S/C23H42/c1-7-8-10-18-17(2)11-12-20-22(18,5)16-13-19-21(3,4)14-9-15-23(19,20)6/h17-20H,7-16H2,1-6H3/t17-,18-,19?,20?,22-,23-/m0/s1. The van der Waals surface area contributed by atoms with Crippen LogP contribution in [0.4, 0.5) is 0 Å². The van der Waals surface area contributed by atoms with Crippen molar-refractivity contribution in [2.75, 3.05) is 0 Å². The summed E-state index contributed by atoms with van der Waals surface area (Å²) >= 11 is 0. The van der Waals surface area contributed by atoms with Crippen molar-refractivity contribution in [3.8, 4) is 0 Å². The van der Waals surface area contributed by atoms with Crippen molar-refractivity contribution in [1.82, 2.24) is 0 Å². The molecule has 0 nitrogen and oxygen atoms in total. The molecule has 0 aromatic heterocycles. The van der Waals surface area contributed by atoms with Crippen LogP contribution in [0.1, 0.15) is 106 Å². The van der Waals surface area contributed by atoms with E-state index in [4.69, 9.17) is 0 Å². The Bertz CT molecular complexity index is 422. The zero-order chi connectivity index (χ0) is 16.9. The molecule has 2 unspecified atom stereocenters. The second kappa shape index (κ2) is 6.06. The Hall–Kier alpha value is 0. The van der Waals surface area contributed by atoms with Crippen molar-refractivity contribution >= 4 is 0 Å². The maximum atomic E-state index is 2.72. The van der Waals surface area contributed by atoms with Crippen molar-refractivity contribution in [2.24, 2.45) is 39.9 Å². The van der Waals surface area contributed by atoms with Crippen LogP contribution in [0.5, 0.6) is 0 Å². The third kappa shape index (κ3) is 2.71. The lowest BCUT2D eigenvalue weighted by Crippen LogP contribution is -2.59. The van der Waals surface area contributed by atoms with Crippen LogP contribution in [0.25, 0.3) is 0 Å². The van der Waals surface area contributed by atoms with Crippen LogP contribution in [0, 0.1) is 39.9 Å². The lowest BCUT2D eigenvalue weighted by molar-refractivity contribution is -0.174. The third-order valence-electron chi connectivity index (χ3n) is 9.15. The van der Waals surface area contributed by atoms with Crippen molar-refractivity contribution in [1.29, 1.82) is 0 Å². The molecule has 3 aliphatic rings. The minimum atomic E-state index is 0.580. The molecular weight excluding hydrogens is 276 g/mol. The number of hydrogen-bond acceptors (Lipinski definition) is 0. The van der Waals surface area contributed by atoms with Gasteiger partial charge in [0.05, 0.1) is 0 Å². The van der Waals surface area contributed by atoms with Crippen LogP contribution in [-0.4, -0.2) is 0 Å². The Kier molecular flexibility index (Phi) is 4.70. The number of unbranched alkanes of at least 4 members (excludes halogenated alkanes) is 1. The Morgan fingerprint density at radius 2 is 1.57 bits per heavy atom. The van der Waals surface area contributed by atoms with Crippen LogP contribution in [0.2, 0.25) is 0 Å². The highest BCUT2D eigenvalue weighted by atomic mass is 14.7. The molecule has 3 rings (SSSR count). The number of rotatable bonds is 3. The van der Waals surface area contributed by atoms with Crippen LogP contribution < -0.4 is 0 Å². The molecule has 3 saturated carbocycles. The summed E-state index contributed by atoms with van der Waals surface area (Å²) in [6, 6.07) is 0. The highest BCUT2D eigenvalue weighted by Crippen LogP contribution is 2.69. The molecule has 0 spiro atoms. The number of fused-ring (bicyclic) bond motifs is 3. The monoisotopic (exact) mass is 318 g/mol. The molecule has 3 fully saturated rings. The minimum Gasteiger partial charge on any atom is -0.0654 e. The summed E-state index contributed by atoms with van der Waals surface area (Å²) in [5.74, 6) is 3.91. The van der Waals surface area contributed by atoms with E-state index < -0.39 is 0 Å². The van der Waals surface area contributed by atoms with E-state index in [-0.39, 0.29) is 0 Å². The maximum absolute atomic E-state index is 2.72. The van der Waals surface area contributed by atoms with Gasteiger partial charge >= 0.3 is 0 Å². The molecule has 0 aromatic rings. The van der Waals surface area contributed by atoms with E-state index in [1.165, 1.54) is 64.2 Å². The third-order valence-corrected chi connectivity index (χ3v) is 9.15. The van der Waals surface area contributed by atoms with Gasteiger partial charge in [-0.2, -0.15) is 0 Å². The lowest BCUT2D eigenvalue weighted by atomic mass is 9.38. The average Bonchev–Trinajstić information content (AvgIpc) is 2.45. The summed E-state index contributed by atoms with van der Waals surface area (Å²) in [5.41, 5.74) is 1.83. The van der Waals surface area contributed by atoms with Crippen LogP contribution in [0.15, 0.2) is 0 Å². The van der Waals surface area contributed by atoms with Gasteiger partial charge in [0.25, 0.3) is 0 Å². The highest BCUT2D eigenvalue weighted by Gasteiger charge is 2.61. The Morgan fingerprint density at radius 3 is 2.26 bits per heavy atom. The number of hydrogen-bond donors (Lipinski definition) is 0. The van der Waals surface area contributed by atoms with Gasteiger partial charge in [-0.1, -0.05) is 67.2 Å². The van der Waals surface area contributed by atoms with Gasteiger partial charge in [-0.25, -0.2) is 0 Å². The quantitative estimate of drug-likeness (QED) is 0.506. The summed E-state index contributed by atoms with van der Waals surface area (Å²) in [6.45, 7) is 15.5. The van der Waals surface area contributed by atoms with Gasteiger partial charge in [0.1, 0.15) is 0 Å². The first-order valence-corrected chi connectivity index (χ1v) is 10.8. The van der Waals surface area contributed by atoms with Gasteiger partial charge in [0.15, 0.2) is 0 Å². The van der Waals surface area contributed by atoms with Crippen LogP contribution >= 0.6 is 0 Å². The summed E-state index contributed by atoms with van der Waals surface area (Å²) in [5, 5.41) is 0. The van der Waals surface area contributed by atoms with Crippen molar-refractivity contribution < 1.29 is 0 Å². The average molecular weight is 319 g/mol. The predicted molar refractivity (Wildman–Crippen MR) is 101 cm³/mol. The predicted octanol–water partition coefficient (Wildman–Crippen LogP) is 7.47. The molecule has 0 N–H and O–H groups in total. The Morgan fingerprint density at radius 1 is 0.826 bits per heavy atom. The van der Waals surface area contributed by atoms with E-state index in [1.54, 1.807) is 0 Å². The molecule has 0 radical (unpaired) electrons. The van der Waals surface area contributed by atoms with E-state index in [2.05, 4.69) is 41.5 Å². The largest absolute Gasteiger partial charge is 0.0654 e. The summed E-state index contributed by atoms with van der Waals surface area (Å²) < 4.78 is 0. The molecule has 0 amide bonds. The minimum absolute atomic E-state index is 0.580. The van der Waals surface area contributed by atoms with E-state index in [1.807, 2.05) is 0 Å². The molecule has 0 heterocycles. The molecule has 3 aliphatic carbocycles. The second-order valence-electron chi connectivity index (χ2n) is 10.8. The Balaban J connectivity index is 1.92. The normalized spacial score (nSPS) is 49.3. The SMILES string of the molecule is CCCC[C@H]1[C@@H](C)CCC2[C@@]3(C)CCCC(C)(C)C3CC[C@]21C. The molecule has 6 atom stereocenters. The molecule has 0 saturated heterocycles. The topological polar surface area (TPSA) is 0 Å². The van der Waals surface area contributed by atoms with E-state index in [0.29, 0.717) is 16.2 Å². The first kappa shape index (κ1) is 17.8. The molecule has 0 aliphatic heterocycles. The smallest absolute Gasteiger partial charge is 0.0259 e. The second-order valence-corrected chi connectivity index (χ2v) is 10.8. The molecular formula is C23H42. The van der Waals surface area contributed by atoms with Crippen molar-refractivity contribution in [3.63, 3.8) is 0 Å². The van der Waals surface area contributed by atoms with Gasteiger partial charge in [-0.3, -0.25) is 0 Å². The fourth-order valence-electron chi connectivity index (χ4n) is 8.11. The van der Waals surface area contributed by atoms with E-state index in [9.17, 15) is 0 Å². The molecule has 23 heavy (non-hydrogen) atoms. The summed E-state index contributed by atoms with van der Waals surface area (Å²) in [6.07, 6.45) is 14.8. The van der Waals surface area contributed by atoms with Gasteiger partial charge in [0, 0.05) is 0 Å². The molecule has 0 heteroatoms. The van der Waals surface area contributed by atoms with Crippen molar-refractivity contribution in [3.05, 3.63) is 0 Å². The van der Waals surface area contributed by atoms with Gasteiger partial charge in [-0.05, 0) is 78.4 Å². The van der Waals surface area contributed by atoms with Crippen LogP contribution in [0.3, 0.4) is 0 Å². The fourth-order valence-corrected chi connectivity index (χ4v) is 8.11. The Labute approximate surface area is 146 Å². The first-order chi connectivity index (χ1) is 10.8. The lowest BCUT2D eigenvalue weighted by Gasteiger charge is -2.66. The molecule has 0 bridgehead atoms. The van der Waals surface area contributed by atoms with Gasteiger partial charge < -0.3 is 0 Å². The maximum Gasteiger partial charge on any atom is -0.0259 e. The molecule has 134 valence electrons. The zero-order valence-electron chi connectivity index (χ0n) is 16.9. The van der Waals surface area contributed by atoms with Crippen LogP contribution in [-0.2, 0) is 0 Å². The zero-order valence-corrected chi connectivity index (χ0v) is 16.9. The highest BCUT2D eigenvalue weighted by molar-refractivity contribution is 5.10. The summed E-state index contributed by atoms with van der Waals surface area (Å²) in [4.78, 5) is 0. The van der Waals surface area contributed by atoms with E-state index in [0.717, 1.165) is 23.7 Å². The molecule has 0 aromatic carbocycles. The summed E-state index contributed by atoms with van der Waals surface area (Å²) in [7, 11) is 0.